The second kappa shape index (κ2) is 6.07. The van der Waals surface area contributed by atoms with E-state index in [4.69, 9.17) is 5.11 Å². The van der Waals surface area contributed by atoms with Gasteiger partial charge in [0, 0.05) is 13.1 Å². The van der Waals surface area contributed by atoms with Gasteiger partial charge in [-0.05, 0) is 43.4 Å². The molecule has 20 heavy (non-hydrogen) atoms. The molecule has 0 radical (unpaired) electrons. The molecule has 0 aromatic heterocycles. The summed E-state index contributed by atoms with van der Waals surface area (Å²) >= 11 is 0. The first-order valence-electron chi connectivity index (χ1n) is 7.04. The quantitative estimate of drug-likeness (QED) is 0.919. The van der Waals surface area contributed by atoms with Crippen LogP contribution < -0.4 is 0 Å². The standard InChI is InChI=1S/C16H21NO3/c1-11-5-6-13(8-12(11)2)9-15(18)17-7-3-4-14(10-17)16(19)20/h5-6,8,14H,3-4,7,9-10H2,1-2H3,(H,19,20)/t14-/m0/s1. The normalized spacial score (nSPS) is 18.9. The Morgan fingerprint density at radius 2 is 2.05 bits per heavy atom. The summed E-state index contributed by atoms with van der Waals surface area (Å²) < 4.78 is 0. The zero-order valence-electron chi connectivity index (χ0n) is 12.1. The highest BCUT2D eigenvalue weighted by Gasteiger charge is 2.27. The van der Waals surface area contributed by atoms with Crippen molar-refractivity contribution < 1.29 is 14.7 Å². The fourth-order valence-corrected chi connectivity index (χ4v) is 2.61. The lowest BCUT2D eigenvalue weighted by atomic mass is 9.97. The number of aliphatic carboxylic acids is 1. The Labute approximate surface area is 119 Å². The maximum absolute atomic E-state index is 12.3. The van der Waals surface area contributed by atoms with Gasteiger partial charge in [0.15, 0.2) is 0 Å². The third-order valence-electron chi connectivity index (χ3n) is 4.05. The molecule has 2 rings (SSSR count). The predicted molar refractivity (Wildman–Crippen MR) is 76.6 cm³/mol. The van der Waals surface area contributed by atoms with Gasteiger partial charge in [0.25, 0.3) is 0 Å². The zero-order chi connectivity index (χ0) is 14.7. The number of carbonyl (C=O) groups is 2. The molecule has 4 heteroatoms. The molecule has 1 fully saturated rings. The molecule has 1 aliphatic rings. The van der Waals surface area contributed by atoms with E-state index in [0.29, 0.717) is 25.9 Å². The fourth-order valence-electron chi connectivity index (χ4n) is 2.61. The molecule has 1 aromatic rings. The average Bonchev–Trinajstić information content (AvgIpc) is 2.43. The number of benzene rings is 1. The average molecular weight is 275 g/mol. The minimum atomic E-state index is -0.798. The lowest BCUT2D eigenvalue weighted by Crippen LogP contribution is -2.43. The van der Waals surface area contributed by atoms with E-state index in [9.17, 15) is 9.59 Å². The molecule has 1 atom stereocenters. The molecule has 1 amide bonds. The first kappa shape index (κ1) is 14.6. The molecule has 0 unspecified atom stereocenters. The van der Waals surface area contributed by atoms with Crippen molar-refractivity contribution in [2.45, 2.75) is 33.1 Å². The van der Waals surface area contributed by atoms with Gasteiger partial charge in [-0.1, -0.05) is 18.2 Å². The van der Waals surface area contributed by atoms with Crippen LogP contribution in [0, 0.1) is 19.8 Å². The lowest BCUT2D eigenvalue weighted by Gasteiger charge is -2.30. The topological polar surface area (TPSA) is 57.6 Å². The molecule has 1 aliphatic heterocycles. The minimum Gasteiger partial charge on any atom is -0.481 e. The number of carboxylic acids is 1. The largest absolute Gasteiger partial charge is 0.481 e. The predicted octanol–water partition coefficient (Wildman–Crippen LogP) is 2.17. The molecular formula is C16H21NO3. The first-order chi connectivity index (χ1) is 9.47. The smallest absolute Gasteiger partial charge is 0.308 e. The van der Waals surface area contributed by atoms with Crippen molar-refractivity contribution in [2.24, 2.45) is 5.92 Å². The summed E-state index contributed by atoms with van der Waals surface area (Å²) in [7, 11) is 0. The number of likely N-dealkylation sites (tertiary alicyclic amines) is 1. The molecular weight excluding hydrogens is 254 g/mol. The molecule has 0 spiro atoms. The molecule has 0 bridgehead atoms. The van der Waals surface area contributed by atoms with Crippen molar-refractivity contribution in [3.05, 3.63) is 34.9 Å². The summed E-state index contributed by atoms with van der Waals surface area (Å²) in [6.07, 6.45) is 1.80. The molecule has 0 aliphatic carbocycles. The summed E-state index contributed by atoms with van der Waals surface area (Å²) in [6, 6.07) is 6.03. The number of piperidine rings is 1. The van der Waals surface area contributed by atoms with Gasteiger partial charge >= 0.3 is 5.97 Å². The number of hydrogen-bond donors (Lipinski definition) is 1. The number of amides is 1. The third kappa shape index (κ3) is 3.38. The van der Waals surface area contributed by atoms with Crippen LogP contribution >= 0.6 is 0 Å². The molecule has 4 nitrogen and oxygen atoms in total. The Hall–Kier alpha value is -1.84. The van der Waals surface area contributed by atoms with Gasteiger partial charge in [-0.25, -0.2) is 0 Å². The SMILES string of the molecule is Cc1ccc(CC(=O)N2CCC[C@H](C(=O)O)C2)cc1C. The van der Waals surface area contributed by atoms with E-state index in [2.05, 4.69) is 0 Å². The van der Waals surface area contributed by atoms with Crippen molar-refractivity contribution in [1.82, 2.24) is 4.90 Å². The minimum absolute atomic E-state index is 0.0270. The van der Waals surface area contributed by atoms with Crippen LogP contribution in [0.25, 0.3) is 0 Å². The van der Waals surface area contributed by atoms with E-state index in [-0.39, 0.29) is 5.91 Å². The van der Waals surface area contributed by atoms with E-state index >= 15 is 0 Å². The second-order valence-corrected chi connectivity index (χ2v) is 5.61. The molecule has 0 saturated carbocycles. The van der Waals surface area contributed by atoms with E-state index in [1.165, 1.54) is 11.1 Å². The van der Waals surface area contributed by atoms with Crippen molar-refractivity contribution >= 4 is 11.9 Å². The highest BCUT2D eigenvalue weighted by Crippen LogP contribution is 2.18. The van der Waals surface area contributed by atoms with Crippen LogP contribution in [-0.2, 0) is 16.0 Å². The number of rotatable bonds is 3. The van der Waals surface area contributed by atoms with Crippen molar-refractivity contribution in [2.75, 3.05) is 13.1 Å². The fraction of sp³-hybridized carbons (Fsp3) is 0.500. The number of aryl methyl sites for hydroxylation is 2. The van der Waals surface area contributed by atoms with Gasteiger partial charge in [0.05, 0.1) is 12.3 Å². The summed E-state index contributed by atoms with van der Waals surface area (Å²) in [6.45, 7) is 5.10. The van der Waals surface area contributed by atoms with Crippen molar-refractivity contribution in [3.8, 4) is 0 Å². The van der Waals surface area contributed by atoms with Crippen LogP contribution in [0.4, 0.5) is 0 Å². The van der Waals surface area contributed by atoms with E-state index in [1.807, 2.05) is 32.0 Å². The highest BCUT2D eigenvalue weighted by atomic mass is 16.4. The van der Waals surface area contributed by atoms with Crippen molar-refractivity contribution in [3.63, 3.8) is 0 Å². The lowest BCUT2D eigenvalue weighted by molar-refractivity contribution is -0.145. The summed E-state index contributed by atoms with van der Waals surface area (Å²) in [5.74, 6) is -1.18. The molecule has 1 aromatic carbocycles. The van der Waals surface area contributed by atoms with Gasteiger partial charge in [-0.3, -0.25) is 9.59 Å². The first-order valence-corrected chi connectivity index (χ1v) is 7.04. The van der Waals surface area contributed by atoms with Gasteiger partial charge in [0.1, 0.15) is 0 Å². The van der Waals surface area contributed by atoms with Crippen LogP contribution in [0.3, 0.4) is 0 Å². The van der Waals surface area contributed by atoms with Gasteiger partial charge < -0.3 is 10.0 Å². The van der Waals surface area contributed by atoms with E-state index < -0.39 is 11.9 Å². The Bertz CT molecular complexity index is 524. The molecule has 108 valence electrons. The van der Waals surface area contributed by atoms with Crippen LogP contribution in [0.2, 0.25) is 0 Å². The van der Waals surface area contributed by atoms with Crippen LogP contribution in [0.5, 0.6) is 0 Å². The Morgan fingerprint density at radius 3 is 2.70 bits per heavy atom. The van der Waals surface area contributed by atoms with E-state index in [1.54, 1.807) is 4.90 Å². The molecule has 1 saturated heterocycles. The van der Waals surface area contributed by atoms with Crippen molar-refractivity contribution in [1.29, 1.82) is 0 Å². The zero-order valence-corrected chi connectivity index (χ0v) is 12.1. The third-order valence-corrected chi connectivity index (χ3v) is 4.05. The molecule has 1 N–H and O–H groups in total. The number of carboxylic acid groups (broad SMARTS) is 1. The summed E-state index contributed by atoms with van der Waals surface area (Å²) in [5.41, 5.74) is 3.39. The number of carbonyl (C=O) groups excluding carboxylic acids is 1. The van der Waals surface area contributed by atoms with Gasteiger partial charge in [0.2, 0.25) is 5.91 Å². The highest BCUT2D eigenvalue weighted by molar-refractivity contribution is 5.80. The monoisotopic (exact) mass is 275 g/mol. The van der Waals surface area contributed by atoms with Gasteiger partial charge in [-0.2, -0.15) is 0 Å². The Morgan fingerprint density at radius 1 is 1.30 bits per heavy atom. The van der Waals surface area contributed by atoms with Gasteiger partial charge in [-0.15, -0.1) is 0 Å². The van der Waals surface area contributed by atoms with Crippen LogP contribution in [0.15, 0.2) is 18.2 Å². The summed E-state index contributed by atoms with van der Waals surface area (Å²) in [5, 5.41) is 9.06. The number of nitrogens with zero attached hydrogens (tertiary/aromatic N) is 1. The van der Waals surface area contributed by atoms with Crippen LogP contribution in [0.1, 0.15) is 29.5 Å². The maximum Gasteiger partial charge on any atom is 0.308 e. The van der Waals surface area contributed by atoms with Crippen LogP contribution in [-0.4, -0.2) is 35.0 Å². The Balaban J connectivity index is 2.00. The molecule has 1 heterocycles. The summed E-state index contributed by atoms with van der Waals surface area (Å²) in [4.78, 5) is 25.0. The Kier molecular flexibility index (Phi) is 4.42. The number of hydrogen-bond acceptors (Lipinski definition) is 2. The van der Waals surface area contributed by atoms with E-state index in [0.717, 1.165) is 12.0 Å². The second-order valence-electron chi connectivity index (χ2n) is 5.61. The maximum atomic E-state index is 12.3.